The van der Waals surface area contributed by atoms with E-state index in [0.29, 0.717) is 5.96 Å². The molecule has 1 aromatic heterocycles. The largest absolute Gasteiger partial charge is 0.356 e. The maximum absolute atomic E-state index is 11.9. The molecule has 2 aromatic rings. The molecule has 2 rings (SSSR count). The highest BCUT2D eigenvalue weighted by Gasteiger charge is 2.11. The SMILES string of the molecule is Cc1ccccc1C(C)NC(=NCC(=O)N(C)C)NCCc1cccs1. The van der Waals surface area contributed by atoms with Crippen LogP contribution >= 0.6 is 11.3 Å². The summed E-state index contributed by atoms with van der Waals surface area (Å²) in [5.41, 5.74) is 2.45. The molecule has 0 aliphatic heterocycles. The van der Waals surface area contributed by atoms with Crippen molar-refractivity contribution in [1.29, 1.82) is 0 Å². The predicted octanol–water partition coefficient (Wildman–Crippen LogP) is 2.98. The second-order valence-corrected chi connectivity index (χ2v) is 7.46. The second kappa shape index (κ2) is 9.97. The first-order valence-electron chi connectivity index (χ1n) is 8.80. The van der Waals surface area contributed by atoms with Gasteiger partial charge in [0.1, 0.15) is 6.54 Å². The smallest absolute Gasteiger partial charge is 0.243 e. The highest BCUT2D eigenvalue weighted by molar-refractivity contribution is 7.09. The van der Waals surface area contributed by atoms with Crippen molar-refractivity contribution in [1.82, 2.24) is 15.5 Å². The Balaban J connectivity index is 2.02. The van der Waals surface area contributed by atoms with E-state index in [1.165, 1.54) is 16.0 Å². The van der Waals surface area contributed by atoms with E-state index in [0.717, 1.165) is 13.0 Å². The molecule has 0 radical (unpaired) electrons. The first-order chi connectivity index (χ1) is 12.5. The third kappa shape index (κ3) is 6.19. The summed E-state index contributed by atoms with van der Waals surface area (Å²) in [6, 6.07) is 12.6. The number of rotatable bonds is 7. The Bertz CT molecular complexity index is 725. The molecule has 1 unspecified atom stereocenters. The molecule has 0 saturated carbocycles. The van der Waals surface area contributed by atoms with Crippen molar-refractivity contribution in [2.75, 3.05) is 27.2 Å². The minimum absolute atomic E-state index is 0.0205. The van der Waals surface area contributed by atoms with Crippen LogP contribution in [0.1, 0.15) is 29.0 Å². The van der Waals surface area contributed by atoms with Crippen LogP contribution in [0.4, 0.5) is 0 Å². The Hall–Kier alpha value is -2.34. The standard InChI is InChI=1S/C20H28N4OS/c1-15-8-5-6-10-18(15)16(2)23-20(22-14-19(25)24(3)4)21-12-11-17-9-7-13-26-17/h5-10,13,16H,11-12,14H2,1-4H3,(H2,21,22,23). The number of nitrogens with zero attached hydrogens (tertiary/aromatic N) is 2. The molecule has 1 amide bonds. The number of aryl methyl sites for hydroxylation is 1. The van der Waals surface area contributed by atoms with Gasteiger partial charge in [0.05, 0.1) is 6.04 Å². The van der Waals surface area contributed by atoms with Crippen molar-refractivity contribution >= 4 is 23.2 Å². The molecular formula is C20H28N4OS. The summed E-state index contributed by atoms with van der Waals surface area (Å²) >= 11 is 1.75. The van der Waals surface area contributed by atoms with Gasteiger partial charge in [-0.1, -0.05) is 30.3 Å². The van der Waals surface area contributed by atoms with Crippen LogP contribution in [0.3, 0.4) is 0 Å². The topological polar surface area (TPSA) is 56.7 Å². The first kappa shape index (κ1) is 20.0. The average Bonchev–Trinajstić information content (AvgIpc) is 3.12. The van der Waals surface area contributed by atoms with Crippen LogP contribution < -0.4 is 10.6 Å². The molecule has 0 aliphatic carbocycles. The molecule has 140 valence electrons. The number of aliphatic imine (C=N–C) groups is 1. The van der Waals surface area contributed by atoms with Crippen molar-refractivity contribution in [2.45, 2.75) is 26.3 Å². The molecule has 2 N–H and O–H groups in total. The Labute approximate surface area is 160 Å². The van der Waals surface area contributed by atoms with Gasteiger partial charge in [-0.3, -0.25) is 4.79 Å². The van der Waals surface area contributed by atoms with Gasteiger partial charge in [-0.15, -0.1) is 11.3 Å². The number of hydrogen-bond donors (Lipinski definition) is 2. The number of likely N-dealkylation sites (N-methyl/N-ethyl adjacent to an activating group) is 1. The maximum Gasteiger partial charge on any atom is 0.243 e. The fourth-order valence-electron chi connectivity index (χ4n) is 2.56. The zero-order valence-corrected chi connectivity index (χ0v) is 16.8. The molecule has 0 spiro atoms. The van der Waals surface area contributed by atoms with E-state index in [2.05, 4.69) is 59.1 Å². The van der Waals surface area contributed by atoms with Crippen molar-refractivity contribution in [3.05, 3.63) is 57.8 Å². The lowest BCUT2D eigenvalue weighted by molar-refractivity contribution is -0.127. The van der Waals surface area contributed by atoms with Crippen LogP contribution in [-0.4, -0.2) is 44.0 Å². The van der Waals surface area contributed by atoms with Crippen LogP contribution in [0.15, 0.2) is 46.8 Å². The van der Waals surface area contributed by atoms with Crippen molar-refractivity contribution in [3.63, 3.8) is 0 Å². The zero-order valence-electron chi connectivity index (χ0n) is 16.0. The fourth-order valence-corrected chi connectivity index (χ4v) is 3.26. The Morgan fingerprint density at radius 2 is 2.00 bits per heavy atom. The van der Waals surface area contributed by atoms with Crippen molar-refractivity contribution in [2.24, 2.45) is 4.99 Å². The van der Waals surface area contributed by atoms with E-state index in [9.17, 15) is 4.79 Å². The number of benzene rings is 1. The van der Waals surface area contributed by atoms with E-state index in [1.54, 1.807) is 30.3 Å². The third-order valence-corrected chi connectivity index (χ3v) is 5.06. The van der Waals surface area contributed by atoms with Gasteiger partial charge in [-0.05, 0) is 42.8 Å². The van der Waals surface area contributed by atoms with E-state index < -0.39 is 0 Å². The molecule has 0 bridgehead atoms. The van der Waals surface area contributed by atoms with E-state index >= 15 is 0 Å². The number of amides is 1. The van der Waals surface area contributed by atoms with Gasteiger partial charge in [-0.25, -0.2) is 4.99 Å². The van der Waals surface area contributed by atoms with Crippen molar-refractivity contribution < 1.29 is 4.79 Å². The highest BCUT2D eigenvalue weighted by atomic mass is 32.1. The molecule has 1 aromatic carbocycles. The average molecular weight is 373 g/mol. The summed E-state index contributed by atoms with van der Waals surface area (Å²) in [6.07, 6.45) is 0.929. The van der Waals surface area contributed by atoms with Gasteiger partial charge in [0.25, 0.3) is 0 Å². The van der Waals surface area contributed by atoms with Gasteiger partial charge in [0.2, 0.25) is 5.91 Å². The number of carbonyl (C=O) groups is 1. The van der Waals surface area contributed by atoms with Gasteiger partial charge in [0.15, 0.2) is 5.96 Å². The van der Waals surface area contributed by atoms with Gasteiger partial charge < -0.3 is 15.5 Å². The van der Waals surface area contributed by atoms with Gasteiger partial charge in [-0.2, -0.15) is 0 Å². The number of carbonyl (C=O) groups excluding carboxylic acids is 1. The fraction of sp³-hybridized carbons (Fsp3) is 0.400. The third-order valence-electron chi connectivity index (χ3n) is 4.12. The molecule has 5 nitrogen and oxygen atoms in total. The summed E-state index contributed by atoms with van der Waals surface area (Å²) in [5.74, 6) is 0.639. The Morgan fingerprint density at radius 1 is 1.23 bits per heavy atom. The molecule has 1 heterocycles. The molecule has 0 aliphatic rings. The van der Waals surface area contributed by atoms with Gasteiger partial charge >= 0.3 is 0 Å². The number of hydrogen-bond acceptors (Lipinski definition) is 3. The van der Waals surface area contributed by atoms with Crippen LogP contribution in [0.5, 0.6) is 0 Å². The molecule has 6 heteroatoms. The van der Waals surface area contributed by atoms with Gasteiger partial charge in [0, 0.05) is 25.5 Å². The summed E-state index contributed by atoms with van der Waals surface area (Å²) < 4.78 is 0. The molecule has 0 fully saturated rings. The summed E-state index contributed by atoms with van der Waals surface area (Å²) in [6.45, 7) is 5.10. The Morgan fingerprint density at radius 3 is 2.65 bits per heavy atom. The normalized spacial score (nSPS) is 12.5. The summed E-state index contributed by atoms with van der Waals surface area (Å²) in [5, 5.41) is 8.85. The lowest BCUT2D eigenvalue weighted by Crippen LogP contribution is -2.40. The van der Waals surface area contributed by atoms with Crippen LogP contribution in [0.2, 0.25) is 0 Å². The number of guanidine groups is 1. The lowest BCUT2D eigenvalue weighted by atomic mass is 10.0. The molecular weight excluding hydrogens is 344 g/mol. The lowest BCUT2D eigenvalue weighted by Gasteiger charge is -2.20. The van der Waals surface area contributed by atoms with Crippen LogP contribution in [0, 0.1) is 6.92 Å². The van der Waals surface area contributed by atoms with E-state index in [4.69, 9.17) is 0 Å². The molecule has 1 atom stereocenters. The highest BCUT2D eigenvalue weighted by Crippen LogP contribution is 2.16. The maximum atomic E-state index is 11.9. The second-order valence-electron chi connectivity index (χ2n) is 6.43. The molecule has 0 saturated heterocycles. The van der Waals surface area contributed by atoms with Crippen LogP contribution in [-0.2, 0) is 11.2 Å². The minimum atomic E-state index is -0.0205. The Kier molecular flexibility index (Phi) is 7.66. The van der Waals surface area contributed by atoms with Crippen molar-refractivity contribution in [3.8, 4) is 0 Å². The summed E-state index contributed by atoms with van der Waals surface area (Å²) in [7, 11) is 3.48. The summed E-state index contributed by atoms with van der Waals surface area (Å²) in [4.78, 5) is 19.2. The number of thiophene rings is 1. The molecule has 26 heavy (non-hydrogen) atoms. The minimum Gasteiger partial charge on any atom is -0.356 e. The monoisotopic (exact) mass is 372 g/mol. The first-order valence-corrected chi connectivity index (χ1v) is 9.68. The van der Waals surface area contributed by atoms with E-state index in [1.807, 2.05) is 12.1 Å². The van der Waals surface area contributed by atoms with E-state index in [-0.39, 0.29) is 18.5 Å². The quantitative estimate of drug-likeness (QED) is 0.580. The predicted molar refractivity (Wildman–Crippen MR) is 110 cm³/mol. The van der Waals surface area contributed by atoms with Crippen LogP contribution in [0.25, 0.3) is 0 Å². The zero-order chi connectivity index (χ0) is 18.9. The number of nitrogens with one attached hydrogen (secondary N) is 2.